The fourth-order valence-corrected chi connectivity index (χ4v) is 2.48. The van der Waals surface area contributed by atoms with Crippen LogP contribution in [0.4, 0.5) is 19.0 Å². The van der Waals surface area contributed by atoms with Gasteiger partial charge in [-0.15, -0.1) is 0 Å². The maximum absolute atomic E-state index is 12.6. The van der Waals surface area contributed by atoms with E-state index in [0.29, 0.717) is 6.61 Å². The maximum Gasteiger partial charge on any atom is 0.416 e. The first-order chi connectivity index (χ1) is 9.25. The molecule has 0 aliphatic heterocycles. The molecular weight excluding hydrogens is 269 g/mol. The molecule has 0 amide bonds. The molecule has 1 aliphatic rings. The molecule has 0 saturated heterocycles. The SMILES string of the molecule is CCOC1CC(Nc2cc(C(F)(F)F)ccn2)C1(C)C. The Morgan fingerprint density at radius 3 is 2.70 bits per heavy atom. The van der Waals surface area contributed by atoms with Crippen LogP contribution in [-0.4, -0.2) is 23.7 Å². The van der Waals surface area contributed by atoms with Gasteiger partial charge in [-0.25, -0.2) is 4.98 Å². The van der Waals surface area contributed by atoms with Gasteiger partial charge in [0, 0.05) is 24.3 Å². The van der Waals surface area contributed by atoms with E-state index >= 15 is 0 Å². The highest BCUT2D eigenvalue weighted by molar-refractivity contribution is 5.41. The summed E-state index contributed by atoms with van der Waals surface area (Å²) >= 11 is 0. The van der Waals surface area contributed by atoms with Gasteiger partial charge in [-0.1, -0.05) is 13.8 Å². The lowest BCUT2D eigenvalue weighted by molar-refractivity contribution is -0.137. The second-order valence-corrected chi connectivity index (χ2v) is 5.63. The minimum Gasteiger partial charge on any atom is -0.378 e. The molecule has 0 aromatic carbocycles. The molecule has 1 aromatic rings. The first-order valence-electron chi connectivity index (χ1n) is 6.66. The molecule has 112 valence electrons. The number of nitrogens with one attached hydrogen (secondary N) is 1. The number of hydrogen-bond donors (Lipinski definition) is 1. The highest BCUT2D eigenvalue weighted by Crippen LogP contribution is 2.44. The summed E-state index contributed by atoms with van der Waals surface area (Å²) in [4.78, 5) is 3.96. The van der Waals surface area contributed by atoms with Crippen LogP contribution < -0.4 is 5.32 Å². The quantitative estimate of drug-likeness (QED) is 0.917. The molecule has 1 aliphatic carbocycles. The van der Waals surface area contributed by atoms with Crippen LogP contribution in [0.3, 0.4) is 0 Å². The number of pyridine rings is 1. The third-order valence-corrected chi connectivity index (χ3v) is 3.95. The molecule has 2 rings (SSSR count). The number of alkyl halides is 3. The molecular formula is C14H19F3N2O. The standard InChI is InChI=1S/C14H19F3N2O/c1-4-20-11-8-10(13(11,2)3)19-12-7-9(5-6-18-12)14(15,16)17/h5-7,10-11H,4,8H2,1-3H3,(H,18,19). The lowest BCUT2D eigenvalue weighted by Crippen LogP contribution is -2.58. The van der Waals surface area contributed by atoms with E-state index in [-0.39, 0.29) is 23.4 Å². The third kappa shape index (κ3) is 2.90. The molecule has 20 heavy (non-hydrogen) atoms. The average Bonchev–Trinajstić information content (AvgIpc) is 2.37. The molecule has 0 bridgehead atoms. The van der Waals surface area contributed by atoms with Crippen LogP contribution >= 0.6 is 0 Å². The summed E-state index contributed by atoms with van der Waals surface area (Å²) in [6, 6.07) is 2.08. The van der Waals surface area contributed by atoms with Gasteiger partial charge >= 0.3 is 6.18 Å². The summed E-state index contributed by atoms with van der Waals surface area (Å²) in [6.07, 6.45) is -2.26. The lowest BCUT2D eigenvalue weighted by Gasteiger charge is -2.51. The van der Waals surface area contributed by atoms with Gasteiger partial charge in [0.2, 0.25) is 0 Å². The number of ether oxygens (including phenoxy) is 1. The van der Waals surface area contributed by atoms with Crippen molar-refractivity contribution < 1.29 is 17.9 Å². The van der Waals surface area contributed by atoms with E-state index < -0.39 is 11.7 Å². The molecule has 2 atom stereocenters. The predicted molar refractivity (Wildman–Crippen MR) is 70.5 cm³/mol. The second kappa shape index (κ2) is 5.24. The molecule has 3 nitrogen and oxygen atoms in total. The van der Waals surface area contributed by atoms with Crippen LogP contribution in [0.2, 0.25) is 0 Å². The van der Waals surface area contributed by atoms with E-state index in [1.807, 2.05) is 20.8 Å². The normalized spacial score (nSPS) is 25.1. The Labute approximate surface area is 116 Å². The van der Waals surface area contributed by atoms with Crippen molar-refractivity contribution >= 4 is 5.82 Å². The molecule has 1 heterocycles. The summed E-state index contributed by atoms with van der Waals surface area (Å²) < 4.78 is 43.5. The number of halogens is 3. The van der Waals surface area contributed by atoms with Crippen molar-refractivity contribution in [3.63, 3.8) is 0 Å². The summed E-state index contributed by atoms with van der Waals surface area (Å²) in [6.45, 7) is 6.66. The smallest absolute Gasteiger partial charge is 0.378 e. The monoisotopic (exact) mass is 288 g/mol. The van der Waals surface area contributed by atoms with E-state index in [0.717, 1.165) is 18.6 Å². The predicted octanol–water partition coefficient (Wildman–Crippen LogP) is 3.72. The van der Waals surface area contributed by atoms with Crippen LogP contribution in [0.25, 0.3) is 0 Å². The average molecular weight is 288 g/mol. The zero-order valence-corrected chi connectivity index (χ0v) is 11.8. The van der Waals surface area contributed by atoms with E-state index in [4.69, 9.17) is 4.74 Å². The number of aromatic nitrogens is 1. The molecule has 0 radical (unpaired) electrons. The van der Waals surface area contributed by atoms with Crippen LogP contribution in [-0.2, 0) is 10.9 Å². The van der Waals surface area contributed by atoms with Gasteiger partial charge in [-0.05, 0) is 25.5 Å². The van der Waals surface area contributed by atoms with Gasteiger partial charge in [0.25, 0.3) is 0 Å². The molecule has 2 unspecified atom stereocenters. The van der Waals surface area contributed by atoms with Gasteiger partial charge in [-0.2, -0.15) is 13.2 Å². The largest absolute Gasteiger partial charge is 0.416 e. The molecule has 1 N–H and O–H groups in total. The zero-order chi connectivity index (χ0) is 15.0. The van der Waals surface area contributed by atoms with Crippen molar-refractivity contribution in [1.29, 1.82) is 0 Å². The van der Waals surface area contributed by atoms with Gasteiger partial charge in [-0.3, -0.25) is 0 Å². The van der Waals surface area contributed by atoms with Crippen molar-refractivity contribution in [3.8, 4) is 0 Å². The first-order valence-corrected chi connectivity index (χ1v) is 6.66. The van der Waals surface area contributed by atoms with Crippen molar-refractivity contribution in [2.75, 3.05) is 11.9 Å². The van der Waals surface area contributed by atoms with E-state index in [2.05, 4.69) is 10.3 Å². The van der Waals surface area contributed by atoms with Crippen molar-refractivity contribution in [3.05, 3.63) is 23.9 Å². The van der Waals surface area contributed by atoms with Crippen LogP contribution in [0, 0.1) is 5.41 Å². The van der Waals surface area contributed by atoms with Crippen LogP contribution in [0.5, 0.6) is 0 Å². The zero-order valence-electron chi connectivity index (χ0n) is 11.8. The van der Waals surface area contributed by atoms with Crippen LogP contribution in [0.1, 0.15) is 32.8 Å². The van der Waals surface area contributed by atoms with E-state index in [1.165, 1.54) is 6.20 Å². The van der Waals surface area contributed by atoms with Crippen molar-refractivity contribution in [1.82, 2.24) is 4.98 Å². The molecule has 1 fully saturated rings. The maximum atomic E-state index is 12.6. The highest BCUT2D eigenvalue weighted by atomic mass is 19.4. The van der Waals surface area contributed by atoms with Gasteiger partial charge in [0.1, 0.15) is 5.82 Å². The number of nitrogens with zero attached hydrogens (tertiary/aromatic N) is 1. The number of hydrogen-bond acceptors (Lipinski definition) is 3. The van der Waals surface area contributed by atoms with Gasteiger partial charge in [0.05, 0.1) is 11.7 Å². The topological polar surface area (TPSA) is 34.1 Å². The Hall–Kier alpha value is -1.30. The Morgan fingerprint density at radius 1 is 1.45 bits per heavy atom. The minimum absolute atomic E-state index is 0.0648. The summed E-state index contributed by atoms with van der Waals surface area (Å²) in [5, 5.41) is 3.08. The Balaban J connectivity index is 2.05. The fraction of sp³-hybridized carbons (Fsp3) is 0.643. The Bertz CT molecular complexity index is 474. The third-order valence-electron chi connectivity index (χ3n) is 3.95. The van der Waals surface area contributed by atoms with Gasteiger partial charge < -0.3 is 10.1 Å². The fourth-order valence-electron chi connectivity index (χ4n) is 2.48. The van der Waals surface area contributed by atoms with Crippen molar-refractivity contribution in [2.45, 2.75) is 45.5 Å². The summed E-state index contributed by atoms with van der Waals surface area (Å²) in [5.74, 6) is 0.257. The van der Waals surface area contributed by atoms with Crippen LogP contribution in [0.15, 0.2) is 18.3 Å². The Kier molecular flexibility index (Phi) is 3.95. The molecule has 1 saturated carbocycles. The molecule has 6 heteroatoms. The minimum atomic E-state index is -4.34. The summed E-state index contributed by atoms with van der Waals surface area (Å²) in [7, 11) is 0. The Morgan fingerprint density at radius 2 is 2.15 bits per heavy atom. The molecule has 1 aromatic heterocycles. The number of rotatable bonds is 4. The highest BCUT2D eigenvalue weighted by Gasteiger charge is 2.49. The first kappa shape index (κ1) is 15.1. The van der Waals surface area contributed by atoms with E-state index in [9.17, 15) is 13.2 Å². The lowest BCUT2D eigenvalue weighted by atomic mass is 9.64. The summed E-state index contributed by atoms with van der Waals surface area (Å²) in [5.41, 5.74) is -0.806. The van der Waals surface area contributed by atoms with E-state index in [1.54, 1.807) is 0 Å². The molecule has 0 spiro atoms. The number of anilines is 1. The van der Waals surface area contributed by atoms with Crippen molar-refractivity contribution in [2.24, 2.45) is 5.41 Å². The van der Waals surface area contributed by atoms with Gasteiger partial charge in [0.15, 0.2) is 0 Å². The second-order valence-electron chi connectivity index (χ2n) is 5.63.